The highest BCUT2D eigenvalue weighted by molar-refractivity contribution is 5.92. The highest BCUT2D eigenvalue weighted by atomic mass is 16.3. The highest BCUT2D eigenvalue weighted by Crippen LogP contribution is 2.29. The number of carbonyl (C=O) groups is 2. The molecular formula is C26H24N2O4. The van der Waals surface area contributed by atoms with Crippen LogP contribution in [0.15, 0.2) is 87.9 Å². The van der Waals surface area contributed by atoms with Crippen molar-refractivity contribution in [2.45, 2.75) is 18.9 Å². The third-order valence-corrected chi connectivity index (χ3v) is 5.96. The monoisotopic (exact) mass is 428 g/mol. The van der Waals surface area contributed by atoms with E-state index >= 15 is 0 Å². The van der Waals surface area contributed by atoms with Gasteiger partial charge in [0.05, 0.1) is 12.2 Å². The summed E-state index contributed by atoms with van der Waals surface area (Å²) in [5, 5.41) is 4.17. The number of benzene rings is 2. The summed E-state index contributed by atoms with van der Waals surface area (Å²) in [7, 11) is 0. The molecule has 5 rings (SSSR count). The first-order valence-electron chi connectivity index (χ1n) is 10.9. The zero-order valence-corrected chi connectivity index (χ0v) is 17.6. The van der Waals surface area contributed by atoms with Crippen LogP contribution in [0.3, 0.4) is 0 Å². The van der Waals surface area contributed by atoms with Crippen LogP contribution in [-0.2, 0) is 4.79 Å². The fourth-order valence-electron chi connectivity index (χ4n) is 4.30. The number of carbonyl (C=O) groups excluding carboxylic acids is 2. The van der Waals surface area contributed by atoms with Crippen LogP contribution in [0.25, 0.3) is 11.0 Å². The predicted molar refractivity (Wildman–Crippen MR) is 120 cm³/mol. The van der Waals surface area contributed by atoms with Gasteiger partial charge >= 0.3 is 0 Å². The molecule has 1 saturated heterocycles. The molecule has 32 heavy (non-hydrogen) atoms. The Balaban J connectivity index is 1.37. The molecule has 2 aromatic heterocycles. The number of hydrogen-bond donors (Lipinski definition) is 1. The Kier molecular flexibility index (Phi) is 5.50. The number of piperidine rings is 1. The number of para-hydroxylation sites is 1. The van der Waals surface area contributed by atoms with Crippen molar-refractivity contribution < 1.29 is 18.4 Å². The zero-order chi connectivity index (χ0) is 21.9. The second-order valence-electron chi connectivity index (χ2n) is 8.11. The number of nitrogens with zero attached hydrogens (tertiary/aromatic N) is 1. The van der Waals surface area contributed by atoms with Gasteiger partial charge in [-0.2, -0.15) is 0 Å². The van der Waals surface area contributed by atoms with E-state index in [1.807, 2.05) is 60.7 Å². The number of hydrogen-bond acceptors (Lipinski definition) is 4. The second kappa shape index (κ2) is 8.75. The predicted octanol–water partition coefficient (Wildman–Crippen LogP) is 4.78. The Labute approximate surface area is 185 Å². The number of rotatable bonds is 5. The van der Waals surface area contributed by atoms with Gasteiger partial charge in [-0.25, -0.2) is 0 Å². The van der Waals surface area contributed by atoms with Gasteiger partial charge in [0, 0.05) is 18.5 Å². The van der Waals surface area contributed by atoms with Gasteiger partial charge in [0.1, 0.15) is 17.4 Å². The first-order valence-corrected chi connectivity index (χ1v) is 10.9. The molecule has 2 aromatic carbocycles. The molecule has 0 radical (unpaired) electrons. The van der Waals surface area contributed by atoms with Crippen molar-refractivity contribution in [3.05, 3.63) is 96.1 Å². The van der Waals surface area contributed by atoms with Crippen molar-refractivity contribution in [2.75, 3.05) is 13.1 Å². The molecule has 1 N–H and O–H groups in total. The SMILES string of the molecule is O=C(N[C@H](c1ccccc1)c1cc2ccccc2o1)[C@@H]1CCCN(C(=O)c2ccco2)C1. The largest absolute Gasteiger partial charge is 0.459 e. The molecule has 2 atom stereocenters. The normalized spacial score (nSPS) is 17.2. The van der Waals surface area contributed by atoms with Gasteiger partial charge in [-0.1, -0.05) is 48.5 Å². The van der Waals surface area contributed by atoms with Gasteiger partial charge in [-0.3, -0.25) is 9.59 Å². The zero-order valence-electron chi connectivity index (χ0n) is 17.6. The number of furan rings is 2. The van der Waals surface area contributed by atoms with Gasteiger partial charge in [0.15, 0.2) is 5.76 Å². The van der Waals surface area contributed by atoms with Crippen molar-refractivity contribution in [1.82, 2.24) is 10.2 Å². The minimum Gasteiger partial charge on any atom is -0.459 e. The van der Waals surface area contributed by atoms with E-state index in [1.165, 1.54) is 6.26 Å². The Morgan fingerprint density at radius 2 is 1.81 bits per heavy atom. The van der Waals surface area contributed by atoms with Gasteiger partial charge < -0.3 is 19.1 Å². The lowest BCUT2D eigenvalue weighted by Crippen LogP contribution is -2.46. The lowest BCUT2D eigenvalue weighted by Gasteiger charge is -2.32. The molecule has 1 fully saturated rings. The van der Waals surface area contributed by atoms with Crippen LogP contribution in [-0.4, -0.2) is 29.8 Å². The second-order valence-corrected chi connectivity index (χ2v) is 8.11. The summed E-state index contributed by atoms with van der Waals surface area (Å²) >= 11 is 0. The van der Waals surface area contributed by atoms with Crippen LogP contribution < -0.4 is 5.32 Å². The van der Waals surface area contributed by atoms with Crippen molar-refractivity contribution in [2.24, 2.45) is 5.92 Å². The summed E-state index contributed by atoms with van der Waals surface area (Å²) in [4.78, 5) is 27.7. The molecule has 162 valence electrons. The van der Waals surface area contributed by atoms with Gasteiger partial charge in [0.2, 0.25) is 5.91 Å². The molecule has 0 unspecified atom stereocenters. The average molecular weight is 428 g/mol. The number of fused-ring (bicyclic) bond motifs is 1. The van der Waals surface area contributed by atoms with E-state index in [1.54, 1.807) is 17.0 Å². The topological polar surface area (TPSA) is 75.7 Å². The molecule has 0 spiro atoms. The fourth-order valence-corrected chi connectivity index (χ4v) is 4.30. The van der Waals surface area contributed by atoms with Crippen LogP contribution in [0.2, 0.25) is 0 Å². The smallest absolute Gasteiger partial charge is 0.289 e. The van der Waals surface area contributed by atoms with Crippen LogP contribution in [0.5, 0.6) is 0 Å². The lowest BCUT2D eigenvalue weighted by atomic mass is 9.95. The van der Waals surface area contributed by atoms with Crippen LogP contribution in [0, 0.1) is 5.92 Å². The quantitative estimate of drug-likeness (QED) is 0.496. The maximum absolute atomic E-state index is 13.3. The molecule has 6 nitrogen and oxygen atoms in total. The van der Waals surface area contributed by atoms with Crippen LogP contribution >= 0.6 is 0 Å². The Bertz CT molecular complexity index is 1180. The molecule has 0 aliphatic carbocycles. The molecule has 6 heteroatoms. The molecule has 1 aliphatic rings. The average Bonchev–Trinajstić information content (AvgIpc) is 3.52. The Hall–Kier alpha value is -3.80. The van der Waals surface area contributed by atoms with Crippen molar-refractivity contribution in [3.63, 3.8) is 0 Å². The third-order valence-electron chi connectivity index (χ3n) is 5.96. The van der Waals surface area contributed by atoms with Gasteiger partial charge in [-0.15, -0.1) is 0 Å². The molecule has 1 aliphatic heterocycles. The molecule has 4 aromatic rings. The molecule has 0 saturated carbocycles. The van der Waals surface area contributed by atoms with E-state index in [0.29, 0.717) is 24.6 Å². The van der Waals surface area contributed by atoms with Crippen molar-refractivity contribution >= 4 is 22.8 Å². The Morgan fingerprint density at radius 3 is 2.59 bits per heavy atom. The number of amides is 2. The summed E-state index contributed by atoms with van der Waals surface area (Å²) in [5.74, 6) is 0.430. The molecule has 0 bridgehead atoms. The van der Waals surface area contributed by atoms with Crippen LogP contribution in [0.1, 0.15) is 40.8 Å². The minimum absolute atomic E-state index is 0.0868. The van der Waals surface area contributed by atoms with E-state index in [9.17, 15) is 9.59 Å². The molecule has 3 heterocycles. The van der Waals surface area contributed by atoms with Crippen molar-refractivity contribution in [3.8, 4) is 0 Å². The fraction of sp³-hybridized carbons (Fsp3) is 0.231. The maximum Gasteiger partial charge on any atom is 0.289 e. The van der Waals surface area contributed by atoms with E-state index in [2.05, 4.69) is 5.32 Å². The summed E-state index contributed by atoms with van der Waals surface area (Å²) in [6.07, 6.45) is 2.99. The lowest BCUT2D eigenvalue weighted by molar-refractivity contribution is -0.127. The maximum atomic E-state index is 13.3. The molecular weight excluding hydrogens is 404 g/mol. The number of nitrogens with one attached hydrogen (secondary N) is 1. The van der Waals surface area contributed by atoms with E-state index < -0.39 is 6.04 Å². The summed E-state index contributed by atoms with van der Waals surface area (Å²) in [5.41, 5.74) is 1.73. The summed E-state index contributed by atoms with van der Waals surface area (Å²) < 4.78 is 11.3. The van der Waals surface area contributed by atoms with Crippen molar-refractivity contribution in [1.29, 1.82) is 0 Å². The number of likely N-dealkylation sites (tertiary alicyclic amines) is 1. The van der Waals surface area contributed by atoms with Gasteiger partial charge in [-0.05, 0) is 42.7 Å². The first kappa shape index (κ1) is 20.1. The van der Waals surface area contributed by atoms with Gasteiger partial charge in [0.25, 0.3) is 5.91 Å². The third kappa shape index (κ3) is 4.04. The van der Waals surface area contributed by atoms with Crippen LogP contribution in [0.4, 0.5) is 0 Å². The minimum atomic E-state index is -0.410. The summed E-state index contributed by atoms with van der Waals surface area (Å²) in [6.45, 7) is 0.988. The standard InChI is InChI=1S/C26H24N2O4/c29-25(20-11-6-14-28(17-20)26(30)22-13-7-15-31-22)27-24(18-8-2-1-3-9-18)23-16-19-10-4-5-12-21(19)32-23/h1-5,7-10,12-13,15-16,20,24H,6,11,14,17H2,(H,27,29)/t20-,24-/m1/s1. The summed E-state index contributed by atoms with van der Waals surface area (Å²) in [6, 6.07) is 22.5. The first-order chi connectivity index (χ1) is 15.7. The van der Waals surface area contributed by atoms with E-state index in [4.69, 9.17) is 8.83 Å². The highest BCUT2D eigenvalue weighted by Gasteiger charge is 2.32. The van der Waals surface area contributed by atoms with E-state index in [0.717, 1.165) is 29.4 Å². The Morgan fingerprint density at radius 1 is 1.00 bits per heavy atom. The molecule has 2 amide bonds. The van der Waals surface area contributed by atoms with E-state index in [-0.39, 0.29) is 17.7 Å².